The highest BCUT2D eigenvalue weighted by Gasteiger charge is 2.19. The Morgan fingerprint density at radius 1 is 1.17 bits per heavy atom. The van der Waals surface area contributed by atoms with Gasteiger partial charge in [-0.25, -0.2) is 4.98 Å². The van der Waals surface area contributed by atoms with E-state index in [2.05, 4.69) is 15.3 Å². The molecule has 0 saturated heterocycles. The third-order valence-corrected chi connectivity index (χ3v) is 5.56. The van der Waals surface area contributed by atoms with Crippen molar-refractivity contribution in [2.24, 2.45) is 0 Å². The molecular formula is C22H20N4O2S. The van der Waals surface area contributed by atoms with Crippen molar-refractivity contribution in [1.82, 2.24) is 9.97 Å². The van der Waals surface area contributed by atoms with E-state index in [-0.39, 0.29) is 16.6 Å². The first kappa shape index (κ1) is 20.4. The SMILES string of the molecule is Cc1cccc(NC(=O)C(C)Sc2nc(-c3ccccc3)c(C#N)c(=O)[nH]2)c1C. The maximum absolute atomic E-state index is 12.6. The van der Waals surface area contributed by atoms with Crippen molar-refractivity contribution in [2.45, 2.75) is 31.2 Å². The summed E-state index contributed by atoms with van der Waals surface area (Å²) in [6.45, 7) is 5.68. The summed E-state index contributed by atoms with van der Waals surface area (Å²) in [5.41, 5.74) is 3.27. The molecule has 0 fully saturated rings. The molecule has 0 aliphatic rings. The monoisotopic (exact) mass is 404 g/mol. The molecule has 0 saturated carbocycles. The van der Waals surface area contributed by atoms with Gasteiger partial charge in [-0.2, -0.15) is 5.26 Å². The van der Waals surface area contributed by atoms with Crippen LogP contribution in [0.5, 0.6) is 0 Å². The zero-order chi connectivity index (χ0) is 21.0. The van der Waals surface area contributed by atoms with Gasteiger partial charge in [0.05, 0.1) is 10.9 Å². The predicted octanol–water partition coefficient (Wildman–Crippen LogP) is 4.04. The maximum Gasteiger partial charge on any atom is 0.270 e. The minimum absolute atomic E-state index is 0.0481. The number of benzene rings is 2. The average Bonchev–Trinajstić information content (AvgIpc) is 2.71. The van der Waals surface area contributed by atoms with Crippen LogP contribution in [0.3, 0.4) is 0 Å². The number of aromatic nitrogens is 2. The van der Waals surface area contributed by atoms with E-state index in [4.69, 9.17) is 0 Å². The lowest BCUT2D eigenvalue weighted by Crippen LogP contribution is -2.24. The number of aryl methyl sites for hydroxylation is 1. The van der Waals surface area contributed by atoms with Gasteiger partial charge in [0.2, 0.25) is 5.91 Å². The first-order chi connectivity index (χ1) is 13.9. The minimum atomic E-state index is -0.522. The Morgan fingerprint density at radius 2 is 1.90 bits per heavy atom. The summed E-state index contributed by atoms with van der Waals surface area (Å²) < 4.78 is 0. The van der Waals surface area contributed by atoms with Crippen LogP contribution in [0.4, 0.5) is 5.69 Å². The third-order valence-electron chi connectivity index (χ3n) is 4.58. The van der Waals surface area contributed by atoms with Crippen LogP contribution in [0.25, 0.3) is 11.3 Å². The quantitative estimate of drug-likeness (QED) is 0.494. The van der Waals surface area contributed by atoms with Gasteiger partial charge in [0.25, 0.3) is 5.56 Å². The topological polar surface area (TPSA) is 98.6 Å². The number of rotatable bonds is 5. The molecule has 1 unspecified atom stereocenters. The molecule has 0 aliphatic carbocycles. The van der Waals surface area contributed by atoms with Gasteiger partial charge in [0.15, 0.2) is 5.16 Å². The minimum Gasteiger partial charge on any atom is -0.325 e. The lowest BCUT2D eigenvalue weighted by atomic mass is 10.1. The molecule has 0 bridgehead atoms. The van der Waals surface area contributed by atoms with E-state index in [1.54, 1.807) is 19.1 Å². The molecule has 0 radical (unpaired) electrons. The number of carbonyl (C=O) groups is 1. The van der Waals surface area contributed by atoms with Gasteiger partial charge in [-0.1, -0.05) is 54.2 Å². The Labute approximate surface area is 173 Å². The summed E-state index contributed by atoms with van der Waals surface area (Å²) in [7, 11) is 0. The molecule has 3 aromatic rings. The predicted molar refractivity (Wildman–Crippen MR) is 115 cm³/mol. The molecule has 1 atom stereocenters. The number of aromatic amines is 1. The lowest BCUT2D eigenvalue weighted by molar-refractivity contribution is -0.115. The van der Waals surface area contributed by atoms with Crippen molar-refractivity contribution < 1.29 is 4.79 Å². The maximum atomic E-state index is 12.6. The summed E-state index contributed by atoms with van der Waals surface area (Å²) in [5, 5.41) is 12.1. The zero-order valence-electron chi connectivity index (χ0n) is 16.3. The molecule has 0 spiro atoms. The van der Waals surface area contributed by atoms with Crippen molar-refractivity contribution in [3.05, 3.63) is 75.6 Å². The second kappa shape index (κ2) is 8.76. The van der Waals surface area contributed by atoms with Crippen LogP contribution in [0.2, 0.25) is 0 Å². The number of nitriles is 1. The fourth-order valence-electron chi connectivity index (χ4n) is 2.76. The highest BCUT2D eigenvalue weighted by molar-refractivity contribution is 8.00. The fourth-order valence-corrected chi connectivity index (χ4v) is 3.56. The molecule has 1 amide bonds. The number of nitrogens with one attached hydrogen (secondary N) is 2. The van der Waals surface area contributed by atoms with Crippen LogP contribution in [-0.4, -0.2) is 21.1 Å². The molecule has 0 aliphatic heterocycles. The molecule has 1 heterocycles. The van der Waals surface area contributed by atoms with Crippen molar-refractivity contribution in [3.8, 4) is 17.3 Å². The van der Waals surface area contributed by atoms with Crippen molar-refractivity contribution in [1.29, 1.82) is 5.26 Å². The Bertz CT molecular complexity index is 1150. The number of H-pyrrole nitrogens is 1. The van der Waals surface area contributed by atoms with Gasteiger partial charge in [-0.3, -0.25) is 9.59 Å². The number of amides is 1. The van der Waals surface area contributed by atoms with E-state index in [1.807, 2.05) is 56.3 Å². The molecule has 1 aromatic heterocycles. The fraction of sp³-hybridized carbons (Fsp3) is 0.182. The van der Waals surface area contributed by atoms with E-state index >= 15 is 0 Å². The van der Waals surface area contributed by atoms with Gasteiger partial charge in [-0.05, 0) is 38.0 Å². The third kappa shape index (κ3) is 4.55. The molecule has 146 valence electrons. The first-order valence-corrected chi connectivity index (χ1v) is 9.92. The number of hydrogen-bond acceptors (Lipinski definition) is 5. The summed E-state index contributed by atoms with van der Waals surface area (Å²) in [5.74, 6) is -0.197. The van der Waals surface area contributed by atoms with E-state index in [0.717, 1.165) is 28.6 Å². The summed E-state index contributed by atoms with van der Waals surface area (Å²) in [6, 6.07) is 16.7. The number of carbonyl (C=O) groups excluding carboxylic acids is 1. The number of nitrogens with zero attached hydrogens (tertiary/aromatic N) is 2. The number of thioether (sulfide) groups is 1. The zero-order valence-corrected chi connectivity index (χ0v) is 17.1. The van der Waals surface area contributed by atoms with Gasteiger partial charge >= 0.3 is 0 Å². The van der Waals surface area contributed by atoms with Gasteiger partial charge in [-0.15, -0.1) is 0 Å². The van der Waals surface area contributed by atoms with E-state index in [0.29, 0.717) is 11.3 Å². The lowest BCUT2D eigenvalue weighted by Gasteiger charge is -2.14. The summed E-state index contributed by atoms with van der Waals surface area (Å²) in [4.78, 5) is 32.0. The average molecular weight is 404 g/mol. The normalized spacial score (nSPS) is 11.5. The van der Waals surface area contributed by atoms with E-state index < -0.39 is 10.8 Å². The Hall–Kier alpha value is -3.37. The second-order valence-corrected chi connectivity index (χ2v) is 7.90. The van der Waals surface area contributed by atoms with E-state index in [9.17, 15) is 14.9 Å². The van der Waals surface area contributed by atoms with Crippen LogP contribution >= 0.6 is 11.8 Å². The van der Waals surface area contributed by atoms with Gasteiger partial charge in [0.1, 0.15) is 11.6 Å². The van der Waals surface area contributed by atoms with Crippen molar-refractivity contribution in [3.63, 3.8) is 0 Å². The number of hydrogen-bond donors (Lipinski definition) is 2. The second-order valence-electron chi connectivity index (χ2n) is 6.57. The van der Waals surface area contributed by atoms with Crippen LogP contribution in [0, 0.1) is 25.2 Å². The standard InChI is InChI=1S/C22H20N4O2S/c1-13-8-7-11-18(14(13)2)24-20(27)15(3)29-22-25-19(16-9-5-4-6-10-16)17(12-23)21(28)26-22/h4-11,15H,1-3H3,(H,24,27)(H,25,26,28). The van der Waals surface area contributed by atoms with Crippen LogP contribution in [0.1, 0.15) is 23.6 Å². The number of anilines is 1. The van der Waals surface area contributed by atoms with Crippen LogP contribution in [-0.2, 0) is 4.79 Å². The molecule has 29 heavy (non-hydrogen) atoms. The largest absolute Gasteiger partial charge is 0.325 e. The highest BCUT2D eigenvalue weighted by atomic mass is 32.2. The molecule has 6 nitrogen and oxygen atoms in total. The Morgan fingerprint density at radius 3 is 2.59 bits per heavy atom. The highest BCUT2D eigenvalue weighted by Crippen LogP contribution is 2.25. The first-order valence-electron chi connectivity index (χ1n) is 9.04. The molecule has 2 N–H and O–H groups in total. The van der Waals surface area contributed by atoms with Crippen molar-refractivity contribution in [2.75, 3.05) is 5.32 Å². The molecule has 2 aromatic carbocycles. The Balaban J connectivity index is 1.85. The van der Waals surface area contributed by atoms with Gasteiger partial charge in [0, 0.05) is 11.3 Å². The van der Waals surface area contributed by atoms with Crippen LogP contribution in [0.15, 0.2) is 58.5 Å². The Kier molecular flexibility index (Phi) is 6.15. The van der Waals surface area contributed by atoms with E-state index in [1.165, 1.54) is 0 Å². The van der Waals surface area contributed by atoms with Gasteiger partial charge < -0.3 is 10.3 Å². The molecule has 3 rings (SSSR count). The summed E-state index contributed by atoms with van der Waals surface area (Å²) >= 11 is 1.14. The molecule has 7 heteroatoms. The van der Waals surface area contributed by atoms with Crippen molar-refractivity contribution >= 4 is 23.4 Å². The van der Waals surface area contributed by atoms with Crippen LogP contribution < -0.4 is 10.9 Å². The summed E-state index contributed by atoms with van der Waals surface area (Å²) in [6.07, 6.45) is 0. The molecular weight excluding hydrogens is 384 g/mol. The smallest absolute Gasteiger partial charge is 0.270 e.